The van der Waals surface area contributed by atoms with Crippen LogP contribution in [0.1, 0.15) is 11.7 Å². The lowest BCUT2D eigenvalue weighted by Gasteiger charge is -2.17. The van der Waals surface area contributed by atoms with Crippen LogP contribution in [0.2, 0.25) is 0 Å². The van der Waals surface area contributed by atoms with Gasteiger partial charge >= 0.3 is 0 Å². The van der Waals surface area contributed by atoms with Crippen LogP contribution in [-0.2, 0) is 0 Å². The molecule has 0 radical (unpaired) electrons. The number of rotatable bonds is 4. The maximum atomic E-state index is 9.80. The molecule has 0 spiro atoms. The van der Waals surface area contributed by atoms with Gasteiger partial charge in [0.1, 0.15) is 5.75 Å². The van der Waals surface area contributed by atoms with Gasteiger partial charge in [-0.1, -0.05) is 18.2 Å². The zero-order chi connectivity index (χ0) is 10.6. The molecule has 3 N–H and O–H groups in total. The molecule has 0 bridgehead atoms. The molecule has 0 saturated heterocycles. The fraction of sp³-hybridized carbons (Fsp3) is 0.400. The summed E-state index contributed by atoms with van der Waals surface area (Å²) in [4.78, 5) is 0. The van der Waals surface area contributed by atoms with Crippen LogP contribution in [0.4, 0.5) is 0 Å². The Kier molecular flexibility index (Phi) is 3.88. The Balaban J connectivity index is 2.82. The first-order chi connectivity index (χ1) is 6.65. The molecule has 0 heterocycles. The Morgan fingerprint density at radius 1 is 1.50 bits per heavy atom. The van der Waals surface area contributed by atoms with Crippen LogP contribution in [0.3, 0.4) is 0 Å². The first-order valence-electron chi connectivity index (χ1n) is 4.42. The third kappa shape index (κ3) is 2.70. The minimum absolute atomic E-state index is 0.375. The molecule has 0 aliphatic rings. The number of likely N-dealkylation sites (N-methyl/N-ethyl adjacent to an activating group) is 1. The maximum Gasteiger partial charge on any atom is 0.124 e. The number of nitrogens with two attached hydrogens (primary N) is 1. The number of methoxy groups -OCH3 is 1. The van der Waals surface area contributed by atoms with Crippen LogP contribution in [0, 0.1) is 0 Å². The predicted molar refractivity (Wildman–Crippen MR) is 54.8 cm³/mol. The van der Waals surface area contributed by atoms with Gasteiger partial charge in [0.25, 0.3) is 0 Å². The Bertz CT molecular complexity index is 289. The van der Waals surface area contributed by atoms with Crippen LogP contribution >= 0.6 is 0 Å². The predicted octanol–water partition coefficient (Wildman–Crippen LogP) is 0.534. The van der Waals surface area contributed by atoms with E-state index in [0.717, 1.165) is 5.56 Å². The number of aliphatic hydroxyl groups excluding tert-OH is 1. The van der Waals surface area contributed by atoms with Crippen molar-refractivity contribution in [2.45, 2.75) is 6.10 Å². The Hall–Kier alpha value is -1.10. The molecule has 14 heavy (non-hydrogen) atoms. The highest BCUT2D eigenvalue weighted by molar-refractivity contribution is 5.35. The average Bonchev–Trinajstić information content (AvgIpc) is 2.16. The van der Waals surface area contributed by atoms with Crippen molar-refractivity contribution in [2.75, 3.05) is 20.7 Å². The highest BCUT2D eigenvalue weighted by Gasteiger charge is 2.13. The van der Waals surface area contributed by atoms with Gasteiger partial charge in [-0.25, -0.2) is 5.01 Å². The number of nitrogens with zero attached hydrogens (tertiary/aromatic N) is 1. The standard InChI is InChI=1S/C10H16N2O2/c1-12(11)7-9(13)8-5-3-4-6-10(8)14-2/h3-6,9,13H,7,11H2,1-2H3. The van der Waals surface area contributed by atoms with Crippen molar-refractivity contribution in [3.8, 4) is 5.75 Å². The third-order valence-corrected chi connectivity index (χ3v) is 1.96. The molecular weight excluding hydrogens is 180 g/mol. The quantitative estimate of drug-likeness (QED) is 0.545. The van der Waals surface area contributed by atoms with Gasteiger partial charge in [-0.15, -0.1) is 0 Å². The van der Waals surface area contributed by atoms with Crippen molar-refractivity contribution < 1.29 is 9.84 Å². The van der Waals surface area contributed by atoms with Crippen molar-refractivity contribution >= 4 is 0 Å². The summed E-state index contributed by atoms with van der Waals surface area (Å²) >= 11 is 0. The summed E-state index contributed by atoms with van der Waals surface area (Å²) in [5.74, 6) is 6.14. The first kappa shape index (κ1) is 11.0. The molecule has 0 amide bonds. The molecule has 0 aliphatic carbocycles. The van der Waals surface area contributed by atoms with E-state index in [1.807, 2.05) is 24.3 Å². The van der Waals surface area contributed by atoms with E-state index in [1.54, 1.807) is 14.2 Å². The lowest BCUT2D eigenvalue weighted by atomic mass is 10.1. The number of aliphatic hydroxyl groups is 1. The summed E-state index contributed by atoms with van der Waals surface area (Å²) in [5.41, 5.74) is 0.757. The molecule has 0 fully saturated rings. The number of hydrogen-bond acceptors (Lipinski definition) is 4. The fourth-order valence-corrected chi connectivity index (χ4v) is 1.31. The van der Waals surface area contributed by atoms with E-state index < -0.39 is 6.10 Å². The van der Waals surface area contributed by atoms with Crippen LogP contribution in [0.25, 0.3) is 0 Å². The van der Waals surface area contributed by atoms with E-state index in [9.17, 15) is 5.11 Å². The molecular formula is C10H16N2O2. The molecule has 0 aliphatic heterocycles. The number of hydrogen-bond donors (Lipinski definition) is 2. The van der Waals surface area contributed by atoms with E-state index in [-0.39, 0.29) is 0 Å². The van der Waals surface area contributed by atoms with Crippen LogP contribution in [-0.4, -0.2) is 30.8 Å². The van der Waals surface area contributed by atoms with Gasteiger partial charge < -0.3 is 9.84 Å². The van der Waals surface area contributed by atoms with E-state index in [0.29, 0.717) is 12.3 Å². The van der Waals surface area contributed by atoms with Crippen molar-refractivity contribution in [1.82, 2.24) is 5.01 Å². The third-order valence-electron chi connectivity index (χ3n) is 1.96. The lowest BCUT2D eigenvalue weighted by Crippen LogP contribution is -2.30. The molecule has 78 valence electrons. The summed E-state index contributed by atoms with van der Waals surface area (Å²) in [6.45, 7) is 0.375. The van der Waals surface area contributed by atoms with Gasteiger partial charge in [-0.2, -0.15) is 0 Å². The SMILES string of the molecule is COc1ccccc1C(O)CN(C)N. The van der Waals surface area contributed by atoms with Crippen molar-refractivity contribution in [3.63, 3.8) is 0 Å². The lowest BCUT2D eigenvalue weighted by molar-refractivity contribution is 0.125. The maximum absolute atomic E-state index is 9.80. The van der Waals surface area contributed by atoms with Gasteiger partial charge in [-0.05, 0) is 6.07 Å². The number of benzene rings is 1. The molecule has 1 unspecified atom stereocenters. The Morgan fingerprint density at radius 3 is 2.71 bits per heavy atom. The number of ether oxygens (including phenoxy) is 1. The van der Waals surface area contributed by atoms with E-state index >= 15 is 0 Å². The van der Waals surface area contributed by atoms with E-state index in [1.165, 1.54) is 5.01 Å². The summed E-state index contributed by atoms with van der Waals surface area (Å²) in [6, 6.07) is 7.36. The molecule has 0 aromatic heterocycles. The van der Waals surface area contributed by atoms with Crippen LogP contribution in [0.5, 0.6) is 5.75 Å². The van der Waals surface area contributed by atoms with E-state index in [4.69, 9.17) is 10.6 Å². The summed E-state index contributed by atoms with van der Waals surface area (Å²) in [7, 11) is 3.29. The summed E-state index contributed by atoms with van der Waals surface area (Å²) in [6.07, 6.45) is -0.624. The van der Waals surface area contributed by atoms with Crippen molar-refractivity contribution in [3.05, 3.63) is 29.8 Å². The summed E-state index contributed by atoms with van der Waals surface area (Å²) < 4.78 is 5.13. The summed E-state index contributed by atoms with van der Waals surface area (Å²) in [5, 5.41) is 11.2. The highest BCUT2D eigenvalue weighted by Crippen LogP contribution is 2.24. The Morgan fingerprint density at radius 2 is 2.14 bits per heavy atom. The minimum atomic E-state index is -0.624. The normalized spacial score (nSPS) is 12.9. The average molecular weight is 196 g/mol. The molecule has 1 atom stereocenters. The molecule has 1 aromatic carbocycles. The second-order valence-electron chi connectivity index (χ2n) is 3.20. The molecule has 1 aromatic rings. The van der Waals surface area contributed by atoms with E-state index in [2.05, 4.69) is 0 Å². The van der Waals surface area contributed by atoms with Gasteiger partial charge in [-0.3, -0.25) is 5.84 Å². The minimum Gasteiger partial charge on any atom is -0.496 e. The number of hydrazine groups is 1. The van der Waals surface area contributed by atoms with Gasteiger partial charge in [0.05, 0.1) is 13.2 Å². The van der Waals surface area contributed by atoms with Crippen molar-refractivity contribution in [2.24, 2.45) is 5.84 Å². The largest absolute Gasteiger partial charge is 0.496 e. The monoisotopic (exact) mass is 196 g/mol. The van der Waals surface area contributed by atoms with Gasteiger partial charge in [0, 0.05) is 19.2 Å². The highest BCUT2D eigenvalue weighted by atomic mass is 16.5. The van der Waals surface area contributed by atoms with Crippen LogP contribution < -0.4 is 10.6 Å². The molecule has 4 heteroatoms. The molecule has 0 saturated carbocycles. The zero-order valence-corrected chi connectivity index (χ0v) is 8.47. The molecule has 1 rings (SSSR count). The van der Waals surface area contributed by atoms with Gasteiger partial charge in [0.15, 0.2) is 0 Å². The second-order valence-corrected chi connectivity index (χ2v) is 3.20. The topological polar surface area (TPSA) is 58.7 Å². The van der Waals surface area contributed by atoms with Crippen molar-refractivity contribution in [1.29, 1.82) is 0 Å². The Labute approximate surface area is 83.9 Å². The second kappa shape index (κ2) is 4.95. The van der Waals surface area contributed by atoms with Gasteiger partial charge in [0.2, 0.25) is 0 Å². The first-order valence-corrected chi connectivity index (χ1v) is 4.42. The number of para-hydroxylation sites is 1. The molecule has 4 nitrogen and oxygen atoms in total. The zero-order valence-electron chi connectivity index (χ0n) is 8.47. The fourth-order valence-electron chi connectivity index (χ4n) is 1.31. The van der Waals surface area contributed by atoms with Crippen LogP contribution in [0.15, 0.2) is 24.3 Å². The smallest absolute Gasteiger partial charge is 0.124 e.